The largest absolute Gasteiger partial charge is 0.484 e. The van der Waals surface area contributed by atoms with Crippen LogP contribution in [0, 0.1) is 5.92 Å². The summed E-state index contributed by atoms with van der Waals surface area (Å²) in [6, 6.07) is 1.29. The molecule has 4 rings (SSSR count). The second-order valence-corrected chi connectivity index (χ2v) is 8.32. The maximum absolute atomic E-state index is 13.0. The van der Waals surface area contributed by atoms with Crippen LogP contribution < -0.4 is 10.1 Å². The third-order valence-corrected chi connectivity index (χ3v) is 5.32. The number of nitrogens with one attached hydrogen (secondary N) is 1. The molecule has 11 heteroatoms. The molecule has 2 aromatic rings. The van der Waals surface area contributed by atoms with Crippen molar-refractivity contribution in [3.05, 3.63) is 29.3 Å². The van der Waals surface area contributed by atoms with Gasteiger partial charge in [-0.1, -0.05) is 12.8 Å². The van der Waals surface area contributed by atoms with Crippen molar-refractivity contribution in [2.24, 2.45) is 13.0 Å². The molecule has 1 amide bonds. The molecule has 1 atom stereocenters. The molecule has 0 spiro atoms. The Kier molecular flexibility index (Phi) is 5.15. The van der Waals surface area contributed by atoms with Crippen molar-refractivity contribution in [3.8, 4) is 5.75 Å². The molecular weight excluding hydrogens is 401 g/mol. The average Bonchev–Trinajstić information content (AvgIpc) is 3.59. The number of halogens is 3. The number of alkyl halides is 3. The first-order chi connectivity index (χ1) is 14.1. The van der Waals surface area contributed by atoms with Crippen molar-refractivity contribution in [2.75, 3.05) is 6.61 Å². The van der Waals surface area contributed by atoms with Gasteiger partial charge in [-0.2, -0.15) is 18.0 Å². The molecule has 2 fully saturated rings. The second-order valence-electron chi connectivity index (χ2n) is 8.32. The number of tetrazole rings is 1. The van der Waals surface area contributed by atoms with Gasteiger partial charge in [0.15, 0.2) is 12.4 Å². The van der Waals surface area contributed by atoms with Crippen LogP contribution >= 0.6 is 0 Å². The number of rotatable bonds is 8. The molecule has 2 heterocycles. The highest BCUT2D eigenvalue weighted by atomic mass is 19.4. The fraction of sp³-hybridized carbons (Fsp3) is 0.632. The Bertz CT molecular complexity index is 939. The van der Waals surface area contributed by atoms with E-state index in [1.807, 2.05) is 6.92 Å². The van der Waals surface area contributed by atoms with Crippen LogP contribution in [0.2, 0.25) is 0 Å². The zero-order chi connectivity index (χ0) is 21.5. The summed E-state index contributed by atoms with van der Waals surface area (Å²) < 4.78 is 42.9. The molecule has 2 aromatic heterocycles. The average molecular weight is 424 g/mol. The number of hydrogen-bond donors (Lipinski definition) is 1. The quantitative estimate of drug-likeness (QED) is 0.700. The van der Waals surface area contributed by atoms with Gasteiger partial charge in [-0.05, 0) is 43.2 Å². The molecule has 2 saturated carbocycles. The van der Waals surface area contributed by atoms with Gasteiger partial charge < -0.3 is 10.1 Å². The lowest BCUT2D eigenvalue weighted by Gasteiger charge is -2.27. The van der Waals surface area contributed by atoms with Crippen LogP contribution in [0.1, 0.15) is 66.8 Å². The van der Waals surface area contributed by atoms with Gasteiger partial charge in [-0.3, -0.25) is 9.78 Å². The Morgan fingerprint density at radius 2 is 2.03 bits per heavy atom. The van der Waals surface area contributed by atoms with Gasteiger partial charge in [-0.25, -0.2) is 0 Å². The topological polar surface area (TPSA) is 94.8 Å². The molecule has 0 bridgehead atoms. The summed E-state index contributed by atoms with van der Waals surface area (Å²) in [7, 11) is 1.64. The minimum Gasteiger partial charge on any atom is -0.484 e. The van der Waals surface area contributed by atoms with E-state index in [2.05, 4.69) is 25.7 Å². The van der Waals surface area contributed by atoms with Gasteiger partial charge in [-0.15, -0.1) is 10.2 Å². The number of amides is 1. The molecule has 0 saturated heterocycles. The lowest BCUT2D eigenvalue weighted by atomic mass is 9.93. The number of nitrogens with zero attached hydrogens (tertiary/aromatic N) is 5. The lowest BCUT2D eigenvalue weighted by Crippen LogP contribution is -2.45. The minimum atomic E-state index is -4.47. The fourth-order valence-corrected chi connectivity index (χ4v) is 3.47. The van der Waals surface area contributed by atoms with Crippen LogP contribution in [0.4, 0.5) is 13.2 Å². The monoisotopic (exact) mass is 424 g/mol. The Hall–Kier alpha value is -2.72. The zero-order valence-electron chi connectivity index (χ0n) is 16.7. The molecule has 1 N–H and O–H groups in total. The number of ether oxygens (including phenoxy) is 1. The van der Waals surface area contributed by atoms with E-state index in [1.165, 1.54) is 17.1 Å². The van der Waals surface area contributed by atoms with Gasteiger partial charge in [0.1, 0.15) is 17.0 Å². The number of aromatic nitrogens is 5. The van der Waals surface area contributed by atoms with Crippen LogP contribution in [-0.4, -0.2) is 43.9 Å². The first-order valence-electron chi connectivity index (χ1n) is 9.89. The SMILES string of the molecule is Cn1nnc(C(C)(CC2CC2)NC(=O)c2cc(OCC(F)(F)F)c(C3CC3)cn2)n1. The standard InChI is InChI=1S/C19H23F3N6O2/c1-18(8-11-3-4-11,17-25-27-28(2)26-17)24-16(29)14-7-15(30-10-19(20,21)22)13(9-23-14)12-5-6-12/h7,9,11-12H,3-6,8,10H2,1-2H3,(H,24,29). The van der Waals surface area contributed by atoms with Gasteiger partial charge >= 0.3 is 6.18 Å². The predicted octanol–water partition coefficient (Wildman–Crippen LogP) is 2.87. The summed E-state index contributed by atoms with van der Waals surface area (Å²) in [6.07, 6.45) is 1.48. The maximum atomic E-state index is 13.0. The highest BCUT2D eigenvalue weighted by molar-refractivity contribution is 5.93. The second kappa shape index (κ2) is 7.51. The van der Waals surface area contributed by atoms with Crippen molar-refractivity contribution in [1.29, 1.82) is 0 Å². The van der Waals surface area contributed by atoms with Gasteiger partial charge in [0.25, 0.3) is 5.91 Å². The fourth-order valence-electron chi connectivity index (χ4n) is 3.47. The normalized spacial score (nSPS) is 18.7. The Labute approximate surface area is 171 Å². The van der Waals surface area contributed by atoms with Crippen molar-refractivity contribution >= 4 is 5.91 Å². The predicted molar refractivity (Wildman–Crippen MR) is 98.7 cm³/mol. The maximum Gasteiger partial charge on any atom is 0.422 e. The number of pyridine rings is 1. The third kappa shape index (κ3) is 4.88. The number of carbonyl (C=O) groups is 1. The lowest BCUT2D eigenvalue weighted by molar-refractivity contribution is -0.153. The summed E-state index contributed by atoms with van der Waals surface area (Å²) in [5.74, 6) is 0.492. The van der Waals surface area contributed by atoms with Crippen LogP contribution in [0.3, 0.4) is 0 Å². The first-order valence-corrected chi connectivity index (χ1v) is 9.89. The summed E-state index contributed by atoms with van der Waals surface area (Å²) in [4.78, 5) is 18.5. The van der Waals surface area contributed by atoms with Crippen molar-refractivity contribution in [2.45, 2.75) is 56.7 Å². The highest BCUT2D eigenvalue weighted by Crippen LogP contribution is 2.44. The molecule has 162 valence electrons. The minimum absolute atomic E-state index is 0.0116. The Morgan fingerprint density at radius 3 is 2.60 bits per heavy atom. The van der Waals surface area contributed by atoms with Crippen LogP contribution in [0.25, 0.3) is 0 Å². The van der Waals surface area contributed by atoms with E-state index in [0.29, 0.717) is 23.7 Å². The summed E-state index contributed by atoms with van der Waals surface area (Å²) in [5, 5.41) is 15.1. The smallest absolute Gasteiger partial charge is 0.422 e. The van der Waals surface area contributed by atoms with E-state index in [-0.39, 0.29) is 17.4 Å². The molecule has 8 nitrogen and oxygen atoms in total. The van der Waals surface area contributed by atoms with Crippen LogP contribution in [0.15, 0.2) is 12.3 Å². The summed E-state index contributed by atoms with van der Waals surface area (Å²) in [6.45, 7) is 0.403. The molecule has 0 aliphatic heterocycles. The molecule has 2 aliphatic carbocycles. The van der Waals surface area contributed by atoms with Gasteiger partial charge in [0, 0.05) is 17.8 Å². The van der Waals surface area contributed by atoms with Crippen LogP contribution in [0.5, 0.6) is 5.75 Å². The Balaban J connectivity index is 1.56. The molecule has 2 aliphatic rings. The van der Waals surface area contributed by atoms with Crippen molar-refractivity contribution in [1.82, 2.24) is 30.5 Å². The summed E-state index contributed by atoms with van der Waals surface area (Å²) in [5.41, 5.74) is -0.272. The first kappa shape index (κ1) is 20.5. The number of aryl methyl sites for hydroxylation is 1. The van der Waals surface area contributed by atoms with E-state index in [9.17, 15) is 18.0 Å². The number of hydrogen-bond acceptors (Lipinski definition) is 6. The van der Waals surface area contributed by atoms with Crippen molar-refractivity contribution < 1.29 is 22.7 Å². The third-order valence-electron chi connectivity index (χ3n) is 5.32. The highest BCUT2D eigenvalue weighted by Gasteiger charge is 2.40. The van der Waals surface area contributed by atoms with Crippen molar-refractivity contribution in [3.63, 3.8) is 0 Å². The molecule has 0 aromatic carbocycles. The molecular formula is C19H23F3N6O2. The van der Waals surface area contributed by atoms with E-state index in [1.54, 1.807) is 7.05 Å². The van der Waals surface area contributed by atoms with E-state index < -0.39 is 24.2 Å². The van der Waals surface area contributed by atoms with Gasteiger partial charge in [0.05, 0.1) is 7.05 Å². The molecule has 1 unspecified atom stereocenters. The zero-order valence-corrected chi connectivity index (χ0v) is 16.7. The Morgan fingerprint density at radius 1 is 1.30 bits per heavy atom. The molecule has 0 radical (unpaired) electrons. The van der Waals surface area contributed by atoms with E-state index in [0.717, 1.165) is 25.7 Å². The number of carbonyl (C=O) groups excluding carboxylic acids is 1. The van der Waals surface area contributed by atoms with Gasteiger partial charge in [0.2, 0.25) is 0 Å². The molecule has 30 heavy (non-hydrogen) atoms. The summed E-state index contributed by atoms with van der Waals surface area (Å²) >= 11 is 0. The van der Waals surface area contributed by atoms with E-state index >= 15 is 0 Å². The van der Waals surface area contributed by atoms with Crippen LogP contribution in [-0.2, 0) is 12.6 Å². The van der Waals surface area contributed by atoms with E-state index in [4.69, 9.17) is 4.74 Å².